The van der Waals surface area contributed by atoms with Crippen LogP contribution in [0.2, 0.25) is 0 Å². The number of guanidine groups is 1. The number of nitrogens with one attached hydrogen (secondary N) is 1. The minimum atomic E-state index is -0.347. The Labute approximate surface area is 121 Å². The minimum absolute atomic E-state index is 0.136. The number of benzene rings is 2. The van der Waals surface area contributed by atoms with Crippen molar-refractivity contribution in [3.8, 4) is 0 Å². The Kier molecular flexibility index (Phi) is 4.61. The Morgan fingerprint density at radius 3 is 1.71 bits per heavy atom. The van der Waals surface area contributed by atoms with Crippen LogP contribution in [0.4, 0.5) is 8.78 Å². The van der Waals surface area contributed by atoms with Crippen LogP contribution in [0.25, 0.3) is 0 Å². The second-order valence-corrected chi connectivity index (χ2v) is 4.19. The lowest BCUT2D eigenvalue weighted by molar-refractivity contribution is 0.627. The third-order valence-electron chi connectivity index (χ3n) is 2.76. The van der Waals surface area contributed by atoms with Gasteiger partial charge in [0.1, 0.15) is 11.6 Å². The van der Waals surface area contributed by atoms with Crippen LogP contribution in [0.5, 0.6) is 0 Å². The molecule has 6 heteroatoms. The molecule has 0 spiro atoms. The fraction of sp³-hybridized carbons (Fsp3) is 0.0667. The van der Waals surface area contributed by atoms with Gasteiger partial charge in [0.25, 0.3) is 0 Å². The van der Waals surface area contributed by atoms with E-state index in [2.05, 4.69) is 15.5 Å². The molecule has 0 aliphatic heterocycles. The van der Waals surface area contributed by atoms with Crippen molar-refractivity contribution in [1.82, 2.24) is 5.43 Å². The van der Waals surface area contributed by atoms with Crippen LogP contribution >= 0.6 is 0 Å². The first-order valence-corrected chi connectivity index (χ1v) is 6.18. The summed E-state index contributed by atoms with van der Waals surface area (Å²) in [5.74, 6) is -0.559. The summed E-state index contributed by atoms with van der Waals surface area (Å²) in [6.07, 6.45) is 0. The average molecular weight is 288 g/mol. The van der Waals surface area contributed by atoms with Gasteiger partial charge in [-0.15, -0.1) is 0 Å². The minimum Gasteiger partial charge on any atom is -0.369 e. The molecule has 21 heavy (non-hydrogen) atoms. The molecular formula is C15H14F2N4. The summed E-state index contributed by atoms with van der Waals surface area (Å²) in [5, 5.41) is 4.16. The second-order valence-electron chi connectivity index (χ2n) is 4.19. The van der Waals surface area contributed by atoms with Gasteiger partial charge in [-0.25, -0.2) is 14.2 Å². The van der Waals surface area contributed by atoms with Crippen LogP contribution in [-0.4, -0.2) is 18.7 Å². The molecular weight excluding hydrogens is 274 g/mol. The lowest BCUT2D eigenvalue weighted by Gasteiger charge is -2.08. The molecule has 2 rings (SSSR count). The van der Waals surface area contributed by atoms with Gasteiger partial charge in [0.2, 0.25) is 5.96 Å². The molecule has 0 fully saturated rings. The van der Waals surface area contributed by atoms with E-state index in [1.807, 2.05) is 0 Å². The summed E-state index contributed by atoms with van der Waals surface area (Å²) in [6, 6.07) is 11.6. The molecule has 0 amide bonds. The molecule has 3 N–H and O–H groups in total. The first kappa shape index (κ1) is 14.6. The zero-order valence-corrected chi connectivity index (χ0v) is 11.3. The molecule has 0 heterocycles. The quantitative estimate of drug-likeness (QED) is 0.517. The maximum absolute atomic E-state index is 13.0. The zero-order chi connectivity index (χ0) is 15.2. The van der Waals surface area contributed by atoms with Gasteiger partial charge < -0.3 is 5.73 Å². The van der Waals surface area contributed by atoms with E-state index < -0.39 is 0 Å². The van der Waals surface area contributed by atoms with Gasteiger partial charge in [-0.05, 0) is 48.5 Å². The van der Waals surface area contributed by atoms with Crippen molar-refractivity contribution in [1.29, 1.82) is 0 Å². The van der Waals surface area contributed by atoms with Gasteiger partial charge in [0.15, 0.2) is 0 Å². The molecule has 0 saturated carbocycles. The van der Waals surface area contributed by atoms with E-state index in [1.165, 1.54) is 31.3 Å². The molecule has 0 radical (unpaired) electrons. The Bertz CT molecular complexity index is 614. The summed E-state index contributed by atoms with van der Waals surface area (Å²) in [5.41, 5.74) is 9.96. The fourth-order valence-electron chi connectivity index (χ4n) is 1.67. The van der Waals surface area contributed by atoms with Gasteiger partial charge in [-0.1, -0.05) is 0 Å². The Hall–Kier alpha value is -2.76. The summed E-state index contributed by atoms with van der Waals surface area (Å²) in [4.78, 5) is 3.73. The Morgan fingerprint density at radius 2 is 1.33 bits per heavy atom. The monoisotopic (exact) mass is 288 g/mol. The molecule has 0 aromatic heterocycles. The van der Waals surface area contributed by atoms with E-state index in [0.717, 1.165) is 0 Å². The summed E-state index contributed by atoms with van der Waals surface area (Å²) in [6.45, 7) is 0. The Balaban J connectivity index is 2.43. The van der Waals surface area contributed by atoms with Crippen LogP contribution in [0.3, 0.4) is 0 Å². The average Bonchev–Trinajstić information content (AvgIpc) is 2.50. The molecule has 0 atom stereocenters. The fourth-order valence-corrected chi connectivity index (χ4v) is 1.67. The van der Waals surface area contributed by atoms with Crippen molar-refractivity contribution in [2.75, 3.05) is 7.05 Å². The van der Waals surface area contributed by atoms with Crippen molar-refractivity contribution < 1.29 is 8.78 Å². The van der Waals surface area contributed by atoms with Crippen molar-refractivity contribution >= 4 is 11.7 Å². The Morgan fingerprint density at radius 1 is 0.905 bits per heavy atom. The maximum Gasteiger partial charge on any atom is 0.209 e. The van der Waals surface area contributed by atoms with Gasteiger partial charge in [-0.2, -0.15) is 5.10 Å². The maximum atomic E-state index is 13.0. The molecule has 4 nitrogen and oxygen atoms in total. The highest BCUT2D eigenvalue weighted by Crippen LogP contribution is 2.12. The standard InChI is InChI=1S/C15H14F2N4/c1-19-15(18)21-20-14(10-2-6-12(16)7-3-10)11-4-8-13(17)9-5-11/h2-9H,1H3,(H3,18,19,21). The van der Waals surface area contributed by atoms with Crippen LogP contribution < -0.4 is 11.2 Å². The number of hydrogen-bond acceptors (Lipinski definition) is 2. The largest absolute Gasteiger partial charge is 0.369 e. The molecule has 0 aliphatic carbocycles. The van der Waals surface area contributed by atoms with Gasteiger partial charge >= 0.3 is 0 Å². The predicted octanol–water partition coefficient (Wildman–Crippen LogP) is 2.25. The number of hydrazone groups is 1. The molecule has 0 bridgehead atoms. The van der Waals surface area contributed by atoms with Crippen molar-refractivity contribution in [3.05, 3.63) is 71.3 Å². The van der Waals surface area contributed by atoms with E-state index in [9.17, 15) is 8.78 Å². The number of nitrogens with zero attached hydrogens (tertiary/aromatic N) is 2. The number of rotatable bonds is 3. The third-order valence-corrected chi connectivity index (χ3v) is 2.76. The molecule has 0 unspecified atom stereocenters. The highest BCUT2D eigenvalue weighted by molar-refractivity contribution is 6.13. The van der Waals surface area contributed by atoms with E-state index in [0.29, 0.717) is 16.8 Å². The highest BCUT2D eigenvalue weighted by Gasteiger charge is 2.08. The van der Waals surface area contributed by atoms with Crippen LogP contribution in [0.15, 0.2) is 58.6 Å². The zero-order valence-electron chi connectivity index (χ0n) is 11.3. The first-order chi connectivity index (χ1) is 10.1. The highest BCUT2D eigenvalue weighted by atomic mass is 19.1. The molecule has 0 aliphatic rings. The first-order valence-electron chi connectivity index (χ1n) is 6.18. The lowest BCUT2D eigenvalue weighted by atomic mass is 10.0. The van der Waals surface area contributed by atoms with Crippen molar-refractivity contribution in [3.63, 3.8) is 0 Å². The number of nitrogens with two attached hydrogens (primary N) is 1. The van der Waals surface area contributed by atoms with Gasteiger partial charge in [-0.3, -0.25) is 4.99 Å². The SMILES string of the molecule is CN=C(N)NN=C(c1ccc(F)cc1)c1ccc(F)cc1. The van der Waals surface area contributed by atoms with E-state index >= 15 is 0 Å². The van der Waals surface area contributed by atoms with E-state index in [-0.39, 0.29) is 17.6 Å². The van der Waals surface area contributed by atoms with Crippen LogP contribution in [0.1, 0.15) is 11.1 Å². The lowest BCUT2D eigenvalue weighted by Crippen LogP contribution is -2.28. The summed E-state index contributed by atoms with van der Waals surface area (Å²) < 4.78 is 26.1. The van der Waals surface area contributed by atoms with Gasteiger partial charge in [0, 0.05) is 18.2 Å². The summed E-state index contributed by atoms with van der Waals surface area (Å²) >= 11 is 0. The van der Waals surface area contributed by atoms with Crippen LogP contribution in [-0.2, 0) is 0 Å². The van der Waals surface area contributed by atoms with Crippen molar-refractivity contribution in [2.24, 2.45) is 15.8 Å². The molecule has 108 valence electrons. The number of hydrogen-bond donors (Lipinski definition) is 2. The second kappa shape index (κ2) is 6.60. The van der Waals surface area contributed by atoms with Crippen molar-refractivity contribution in [2.45, 2.75) is 0 Å². The topological polar surface area (TPSA) is 62.8 Å². The van der Waals surface area contributed by atoms with E-state index in [1.54, 1.807) is 24.3 Å². The van der Waals surface area contributed by atoms with E-state index in [4.69, 9.17) is 5.73 Å². The third kappa shape index (κ3) is 3.85. The molecule has 0 saturated heterocycles. The number of halogens is 2. The number of aliphatic imine (C=N–C) groups is 1. The van der Waals surface area contributed by atoms with Gasteiger partial charge in [0.05, 0.1) is 5.71 Å². The predicted molar refractivity (Wildman–Crippen MR) is 79.1 cm³/mol. The summed E-state index contributed by atoms with van der Waals surface area (Å²) in [7, 11) is 1.52. The van der Waals surface area contributed by atoms with Crippen LogP contribution in [0, 0.1) is 11.6 Å². The smallest absolute Gasteiger partial charge is 0.209 e. The molecule has 2 aromatic rings. The molecule has 2 aromatic carbocycles. The normalized spacial score (nSPS) is 11.1.